The number of methoxy groups -OCH3 is 1. The molecule has 0 spiro atoms. The molecule has 7 nitrogen and oxygen atoms in total. The van der Waals surface area contributed by atoms with Crippen LogP contribution >= 0.6 is 0 Å². The summed E-state index contributed by atoms with van der Waals surface area (Å²) in [5.41, 5.74) is 9.07. The van der Waals surface area contributed by atoms with Gasteiger partial charge in [-0.3, -0.25) is 4.98 Å². The number of hydrogen-bond acceptors (Lipinski definition) is 7. The summed E-state index contributed by atoms with van der Waals surface area (Å²) in [6.07, 6.45) is 1.81. The minimum Gasteiger partial charge on any atom is -0.495 e. The van der Waals surface area contributed by atoms with Gasteiger partial charge >= 0.3 is 0 Å². The van der Waals surface area contributed by atoms with Gasteiger partial charge in [0, 0.05) is 23.9 Å². The number of halogens is 1. The molecule has 2 aromatic carbocycles. The van der Waals surface area contributed by atoms with Gasteiger partial charge in [0.15, 0.2) is 0 Å². The summed E-state index contributed by atoms with van der Waals surface area (Å²) in [5.74, 6) is 0.699. The number of nitrogens with one attached hydrogen (secondary N) is 1. The van der Waals surface area contributed by atoms with E-state index in [1.54, 1.807) is 13.2 Å². The first kappa shape index (κ1) is 20.0. The fraction of sp³-hybridized carbons (Fsp3) is 0.130. The zero-order valence-corrected chi connectivity index (χ0v) is 16.8. The molecule has 3 N–H and O–H groups in total. The highest BCUT2D eigenvalue weighted by Gasteiger charge is 2.18. The molecule has 0 fully saturated rings. The van der Waals surface area contributed by atoms with Crippen LogP contribution in [0.25, 0.3) is 22.0 Å². The predicted molar refractivity (Wildman–Crippen MR) is 117 cm³/mol. The number of anilines is 2. The van der Waals surface area contributed by atoms with Gasteiger partial charge in [-0.05, 0) is 23.8 Å². The zero-order valence-electron chi connectivity index (χ0n) is 16.8. The fourth-order valence-electron chi connectivity index (χ4n) is 3.49. The van der Waals surface area contributed by atoms with Crippen molar-refractivity contribution in [3.63, 3.8) is 0 Å². The Hall–Kier alpha value is -4.25. The Morgan fingerprint density at radius 3 is 2.71 bits per heavy atom. The third kappa shape index (κ3) is 3.94. The molecule has 0 aliphatic carbocycles. The number of aromatic nitrogens is 3. The number of benzene rings is 2. The average Bonchev–Trinajstić information content (AvgIpc) is 2.79. The maximum absolute atomic E-state index is 13.9. The largest absolute Gasteiger partial charge is 0.495 e. The number of nitrogen functional groups attached to an aromatic ring is 1. The summed E-state index contributed by atoms with van der Waals surface area (Å²) in [4.78, 5) is 12.7. The van der Waals surface area contributed by atoms with E-state index in [1.807, 2.05) is 36.4 Å². The Morgan fingerprint density at radius 2 is 1.97 bits per heavy atom. The smallest absolute Gasteiger partial charge is 0.149 e. The van der Waals surface area contributed by atoms with Crippen molar-refractivity contribution in [1.82, 2.24) is 15.0 Å². The molecule has 2 heterocycles. The number of nitriles is 1. The summed E-state index contributed by atoms with van der Waals surface area (Å²) >= 11 is 0. The molecule has 0 aliphatic rings. The summed E-state index contributed by atoms with van der Waals surface area (Å²) < 4.78 is 19.7. The third-order valence-corrected chi connectivity index (χ3v) is 4.88. The summed E-state index contributed by atoms with van der Waals surface area (Å²) in [6, 6.07) is 16.2. The van der Waals surface area contributed by atoms with Gasteiger partial charge in [0.25, 0.3) is 0 Å². The molecule has 2 aromatic heterocycles. The monoisotopic (exact) mass is 414 g/mol. The predicted octanol–water partition coefficient (Wildman–Crippen LogP) is 3.95. The minimum absolute atomic E-state index is 0.123. The lowest BCUT2D eigenvalue weighted by molar-refractivity contribution is 0.420. The molecule has 4 aromatic rings. The van der Waals surface area contributed by atoms with Gasteiger partial charge in [-0.25, -0.2) is 14.4 Å². The first-order valence-corrected chi connectivity index (χ1v) is 9.58. The number of ether oxygens (including phenoxy) is 1. The Morgan fingerprint density at radius 1 is 1.16 bits per heavy atom. The molecule has 0 unspecified atom stereocenters. The SMILES string of the molecule is COc1c(-c2ccccc2)c(CCNc2ncnc(N)c2C#N)nc2ccc(F)cc12. The standard InChI is InChI=1S/C23H19FN6O/c1-31-21-16-11-15(24)7-8-18(16)30-19(20(21)14-5-3-2-4-6-14)9-10-27-23-17(12-25)22(26)28-13-29-23/h2-8,11,13H,9-10H2,1H3,(H3,26,27,28,29). The van der Waals surface area contributed by atoms with Crippen LogP contribution in [0.15, 0.2) is 54.9 Å². The Bertz CT molecular complexity index is 1290. The molecule has 154 valence electrons. The van der Waals surface area contributed by atoms with Crippen LogP contribution in [0, 0.1) is 17.1 Å². The fourth-order valence-corrected chi connectivity index (χ4v) is 3.49. The van der Waals surface area contributed by atoms with Crippen LogP contribution in [0.1, 0.15) is 11.3 Å². The molecule has 0 atom stereocenters. The maximum atomic E-state index is 13.9. The Labute approximate surface area is 178 Å². The number of hydrogen-bond donors (Lipinski definition) is 2. The van der Waals surface area contributed by atoms with Gasteiger partial charge < -0.3 is 15.8 Å². The van der Waals surface area contributed by atoms with Crippen molar-refractivity contribution >= 4 is 22.5 Å². The molecule has 0 radical (unpaired) electrons. The number of rotatable bonds is 6. The van der Waals surface area contributed by atoms with Gasteiger partial charge in [-0.15, -0.1) is 0 Å². The van der Waals surface area contributed by atoms with Crippen molar-refractivity contribution in [3.8, 4) is 22.9 Å². The van der Waals surface area contributed by atoms with Crippen molar-refractivity contribution in [2.24, 2.45) is 0 Å². The molecule has 8 heteroatoms. The van der Waals surface area contributed by atoms with Crippen molar-refractivity contribution in [3.05, 3.63) is 71.9 Å². The van der Waals surface area contributed by atoms with Crippen LogP contribution in [0.2, 0.25) is 0 Å². The van der Waals surface area contributed by atoms with E-state index in [0.29, 0.717) is 35.4 Å². The van der Waals surface area contributed by atoms with Crippen LogP contribution in [-0.2, 0) is 6.42 Å². The molecule has 0 saturated heterocycles. The van der Waals surface area contributed by atoms with Crippen LogP contribution in [0.5, 0.6) is 5.75 Å². The van der Waals surface area contributed by atoms with E-state index in [0.717, 1.165) is 16.8 Å². The van der Waals surface area contributed by atoms with Gasteiger partial charge in [0.1, 0.15) is 41.2 Å². The first-order valence-electron chi connectivity index (χ1n) is 9.58. The third-order valence-electron chi connectivity index (χ3n) is 4.88. The minimum atomic E-state index is -0.355. The van der Waals surface area contributed by atoms with E-state index >= 15 is 0 Å². The van der Waals surface area contributed by atoms with Gasteiger partial charge in [0.2, 0.25) is 0 Å². The number of nitrogens with two attached hydrogens (primary N) is 1. The first-order chi connectivity index (χ1) is 15.1. The lowest BCUT2D eigenvalue weighted by Gasteiger charge is -2.17. The molecular formula is C23H19FN6O. The number of nitrogens with zero attached hydrogens (tertiary/aromatic N) is 4. The number of pyridine rings is 1. The van der Waals surface area contributed by atoms with Crippen LogP contribution in [-0.4, -0.2) is 28.6 Å². The summed E-state index contributed by atoms with van der Waals surface area (Å²) in [6.45, 7) is 0.438. The average molecular weight is 414 g/mol. The molecule has 4 rings (SSSR count). The van der Waals surface area contributed by atoms with Crippen LogP contribution in [0.3, 0.4) is 0 Å². The maximum Gasteiger partial charge on any atom is 0.149 e. The molecule has 0 amide bonds. The van der Waals surface area contributed by atoms with Gasteiger partial charge in [0.05, 0.1) is 18.3 Å². The lowest BCUT2D eigenvalue weighted by Crippen LogP contribution is -2.11. The van der Waals surface area contributed by atoms with Crippen LogP contribution in [0.4, 0.5) is 16.0 Å². The van der Waals surface area contributed by atoms with E-state index in [9.17, 15) is 9.65 Å². The van der Waals surface area contributed by atoms with Crippen LogP contribution < -0.4 is 15.8 Å². The van der Waals surface area contributed by atoms with E-state index in [4.69, 9.17) is 15.5 Å². The van der Waals surface area contributed by atoms with Gasteiger partial charge in [-0.1, -0.05) is 30.3 Å². The van der Waals surface area contributed by atoms with E-state index in [2.05, 4.69) is 15.3 Å². The van der Waals surface area contributed by atoms with Crippen molar-refractivity contribution in [1.29, 1.82) is 5.26 Å². The topological polar surface area (TPSA) is 110 Å². The summed E-state index contributed by atoms with van der Waals surface area (Å²) in [5, 5.41) is 13.0. The quantitative estimate of drug-likeness (QED) is 0.492. The second-order valence-corrected chi connectivity index (χ2v) is 6.77. The van der Waals surface area contributed by atoms with Crippen molar-refractivity contribution in [2.75, 3.05) is 24.7 Å². The molecular weight excluding hydrogens is 395 g/mol. The Kier molecular flexibility index (Phi) is 5.58. The number of fused-ring (bicyclic) bond motifs is 1. The summed E-state index contributed by atoms with van der Waals surface area (Å²) in [7, 11) is 1.57. The molecule has 31 heavy (non-hydrogen) atoms. The second-order valence-electron chi connectivity index (χ2n) is 6.77. The molecule has 0 bridgehead atoms. The van der Waals surface area contributed by atoms with Gasteiger partial charge in [-0.2, -0.15) is 5.26 Å². The highest BCUT2D eigenvalue weighted by molar-refractivity contribution is 5.93. The normalized spacial score (nSPS) is 10.6. The highest BCUT2D eigenvalue weighted by atomic mass is 19.1. The van der Waals surface area contributed by atoms with Crippen molar-refractivity contribution < 1.29 is 9.13 Å². The molecule has 0 aliphatic heterocycles. The highest BCUT2D eigenvalue weighted by Crippen LogP contribution is 2.38. The second kappa shape index (κ2) is 8.63. The van der Waals surface area contributed by atoms with E-state index in [1.165, 1.54) is 18.5 Å². The zero-order chi connectivity index (χ0) is 21.8. The van der Waals surface area contributed by atoms with E-state index < -0.39 is 0 Å². The Balaban J connectivity index is 1.76. The van der Waals surface area contributed by atoms with Crippen molar-refractivity contribution in [2.45, 2.75) is 6.42 Å². The lowest BCUT2D eigenvalue weighted by atomic mass is 9.98. The molecule has 0 saturated carbocycles. The van der Waals surface area contributed by atoms with E-state index in [-0.39, 0.29) is 17.2 Å².